The molecule has 144 valence electrons. The van der Waals surface area contributed by atoms with E-state index in [1.165, 1.54) is 18.1 Å². The van der Waals surface area contributed by atoms with E-state index in [4.69, 9.17) is 0 Å². The lowest BCUT2D eigenvalue weighted by atomic mass is 9.86. The molecule has 2 aliphatic rings. The van der Waals surface area contributed by atoms with Crippen molar-refractivity contribution in [2.24, 2.45) is 0 Å². The molecule has 28 heavy (non-hydrogen) atoms. The topological polar surface area (TPSA) is 49.4 Å². The number of hydrogen-bond acceptors (Lipinski definition) is 2. The molecule has 1 N–H and O–H groups in total. The molecular weight excluding hydrogens is 348 g/mol. The number of fused-ring (bicyclic) bond motifs is 1. The molecule has 4 rings (SSSR count). The lowest BCUT2D eigenvalue weighted by Crippen LogP contribution is -2.37. The smallest absolute Gasteiger partial charge is 0.247 e. The number of nitrogens with zero attached hydrogens (tertiary/aromatic N) is 1. The van der Waals surface area contributed by atoms with Gasteiger partial charge in [0.25, 0.3) is 0 Å². The van der Waals surface area contributed by atoms with E-state index in [1.807, 2.05) is 30.3 Å². The molecule has 0 saturated heterocycles. The molecule has 1 fully saturated rings. The van der Waals surface area contributed by atoms with Gasteiger partial charge in [0.1, 0.15) is 0 Å². The van der Waals surface area contributed by atoms with Gasteiger partial charge < -0.3 is 10.2 Å². The summed E-state index contributed by atoms with van der Waals surface area (Å²) < 4.78 is 0. The maximum atomic E-state index is 13.1. The highest BCUT2D eigenvalue weighted by Crippen LogP contribution is 2.40. The molecule has 2 aromatic rings. The summed E-state index contributed by atoms with van der Waals surface area (Å²) in [7, 11) is 0. The van der Waals surface area contributed by atoms with E-state index in [2.05, 4.69) is 34.5 Å². The Balaban J connectivity index is 1.51. The van der Waals surface area contributed by atoms with Crippen molar-refractivity contribution < 1.29 is 9.59 Å². The van der Waals surface area contributed by atoms with Crippen molar-refractivity contribution in [1.29, 1.82) is 0 Å². The van der Waals surface area contributed by atoms with E-state index in [9.17, 15) is 9.59 Å². The van der Waals surface area contributed by atoms with Crippen LogP contribution < -0.4 is 5.32 Å². The van der Waals surface area contributed by atoms with Crippen molar-refractivity contribution in [3.05, 3.63) is 71.3 Å². The van der Waals surface area contributed by atoms with Gasteiger partial charge in [0.2, 0.25) is 11.8 Å². The van der Waals surface area contributed by atoms with Gasteiger partial charge in [-0.25, -0.2) is 0 Å². The first-order valence-electron chi connectivity index (χ1n) is 10.1. The maximum Gasteiger partial charge on any atom is 0.247 e. The van der Waals surface area contributed by atoms with Crippen molar-refractivity contribution in [2.45, 2.75) is 51.1 Å². The first-order chi connectivity index (χ1) is 13.6. The van der Waals surface area contributed by atoms with Gasteiger partial charge in [-0.05, 0) is 67.0 Å². The van der Waals surface area contributed by atoms with E-state index in [-0.39, 0.29) is 17.9 Å². The van der Waals surface area contributed by atoms with E-state index in [0.29, 0.717) is 6.04 Å². The fourth-order valence-electron chi connectivity index (χ4n) is 4.09. The van der Waals surface area contributed by atoms with Gasteiger partial charge in [-0.1, -0.05) is 36.4 Å². The summed E-state index contributed by atoms with van der Waals surface area (Å²) in [6.45, 7) is 1.49. The highest BCUT2D eigenvalue weighted by molar-refractivity contribution is 5.93. The Labute approximate surface area is 166 Å². The van der Waals surface area contributed by atoms with Crippen LogP contribution in [0.25, 0.3) is 6.08 Å². The van der Waals surface area contributed by atoms with E-state index < -0.39 is 0 Å². The lowest BCUT2D eigenvalue weighted by molar-refractivity contribution is -0.129. The minimum atomic E-state index is -0.0914. The number of amides is 2. The highest BCUT2D eigenvalue weighted by atomic mass is 16.2. The van der Waals surface area contributed by atoms with Gasteiger partial charge in [0.15, 0.2) is 0 Å². The summed E-state index contributed by atoms with van der Waals surface area (Å²) >= 11 is 0. The summed E-state index contributed by atoms with van der Waals surface area (Å²) in [6.07, 6.45) is 9.04. The van der Waals surface area contributed by atoms with Gasteiger partial charge in [-0.2, -0.15) is 0 Å². The highest BCUT2D eigenvalue weighted by Gasteiger charge is 2.38. The minimum absolute atomic E-state index is 0.0914. The third kappa shape index (κ3) is 4.16. The first kappa shape index (κ1) is 18.5. The molecule has 0 radical (unpaired) electrons. The number of anilines is 1. The van der Waals surface area contributed by atoms with Crippen LogP contribution in [0.3, 0.4) is 0 Å². The van der Waals surface area contributed by atoms with Crippen LogP contribution in [0.2, 0.25) is 0 Å². The van der Waals surface area contributed by atoms with Crippen LogP contribution in [-0.4, -0.2) is 22.8 Å². The van der Waals surface area contributed by atoms with Gasteiger partial charge in [0, 0.05) is 24.7 Å². The third-order valence-electron chi connectivity index (χ3n) is 5.52. The first-order valence-corrected chi connectivity index (χ1v) is 10.1. The lowest BCUT2D eigenvalue weighted by Gasteiger charge is -2.35. The molecule has 0 heterocycles. The van der Waals surface area contributed by atoms with Crippen LogP contribution >= 0.6 is 0 Å². The van der Waals surface area contributed by atoms with Crippen molar-refractivity contribution in [2.75, 3.05) is 5.32 Å². The fourth-order valence-corrected chi connectivity index (χ4v) is 4.09. The number of benzene rings is 2. The van der Waals surface area contributed by atoms with Crippen molar-refractivity contribution >= 4 is 23.6 Å². The second kappa shape index (κ2) is 8.01. The van der Waals surface area contributed by atoms with E-state index in [1.54, 1.807) is 6.08 Å². The molecule has 0 bridgehead atoms. The van der Waals surface area contributed by atoms with Crippen LogP contribution in [0.15, 0.2) is 54.6 Å². The van der Waals surface area contributed by atoms with Crippen LogP contribution in [0.1, 0.15) is 55.3 Å². The summed E-state index contributed by atoms with van der Waals surface area (Å²) in [6, 6.07) is 16.6. The summed E-state index contributed by atoms with van der Waals surface area (Å²) in [5.74, 6) is 0.00134. The Kier molecular flexibility index (Phi) is 5.29. The predicted molar refractivity (Wildman–Crippen MR) is 112 cm³/mol. The van der Waals surface area contributed by atoms with Crippen molar-refractivity contribution in [3.63, 3.8) is 0 Å². The Morgan fingerprint density at radius 1 is 1.04 bits per heavy atom. The Morgan fingerprint density at radius 3 is 2.50 bits per heavy atom. The number of carbonyl (C=O) groups is 2. The average Bonchev–Trinajstić information content (AvgIpc) is 3.52. The number of rotatable bonds is 5. The zero-order valence-electron chi connectivity index (χ0n) is 16.2. The molecule has 1 unspecified atom stereocenters. The molecule has 1 atom stereocenters. The fraction of sp³-hybridized carbons (Fsp3) is 0.333. The zero-order chi connectivity index (χ0) is 19.5. The largest absolute Gasteiger partial charge is 0.329 e. The summed E-state index contributed by atoms with van der Waals surface area (Å²) in [5.41, 5.74) is 4.41. The molecule has 0 aliphatic heterocycles. The van der Waals surface area contributed by atoms with Gasteiger partial charge in [-0.3, -0.25) is 9.59 Å². The van der Waals surface area contributed by atoms with Crippen LogP contribution in [-0.2, 0) is 16.0 Å². The van der Waals surface area contributed by atoms with Crippen molar-refractivity contribution in [3.8, 4) is 0 Å². The second-order valence-electron chi connectivity index (χ2n) is 7.72. The number of carbonyl (C=O) groups excluding carboxylic acids is 2. The van der Waals surface area contributed by atoms with Gasteiger partial charge in [0.05, 0.1) is 6.04 Å². The van der Waals surface area contributed by atoms with Gasteiger partial charge in [-0.15, -0.1) is 0 Å². The predicted octanol–water partition coefficient (Wildman–Crippen LogP) is 4.73. The standard InChI is InChI=1S/C24H26N2O2/c1-17(27)25-20-12-9-18(10-13-20)11-16-24(28)26(21-14-15-21)23-8-4-6-19-5-2-3-7-22(19)23/h2-3,5,7,9-13,16,21,23H,4,6,8,14-15H2,1H3,(H,25,27)/b16-11+. The van der Waals surface area contributed by atoms with Crippen LogP contribution in [0.5, 0.6) is 0 Å². The summed E-state index contributed by atoms with van der Waals surface area (Å²) in [5, 5.41) is 2.75. The molecule has 2 aliphatic carbocycles. The Hall–Kier alpha value is -2.88. The maximum absolute atomic E-state index is 13.1. The van der Waals surface area contributed by atoms with Crippen LogP contribution in [0, 0.1) is 0 Å². The van der Waals surface area contributed by atoms with E-state index >= 15 is 0 Å². The number of nitrogens with one attached hydrogen (secondary N) is 1. The molecule has 2 aromatic carbocycles. The molecular formula is C24H26N2O2. The average molecular weight is 374 g/mol. The minimum Gasteiger partial charge on any atom is -0.329 e. The summed E-state index contributed by atoms with van der Waals surface area (Å²) in [4.78, 5) is 26.3. The Bertz CT molecular complexity index is 897. The molecule has 1 saturated carbocycles. The molecule has 2 amide bonds. The molecule has 4 nitrogen and oxygen atoms in total. The van der Waals surface area contributed by atoms with Crippen LogP contribution in [0.4, 0.5) is 5.69 Å². The molecule has 0 aromatic heterocycles. The number of aryl methyl sites for hydroxylation is 1. The molecule has 4 heteroatoms. The Morgan fingerprint density at radius 2 is 1.79 bits per heavy atom. The third-order valence-corrected chi connectivity index (χ3v) is 5.52. The monoisotopic (exact) mass is 374 g/mol. The number of hydrogen-bond donors (Lipinski definition) is 1. The quantitative estimate of drug-likeness (QED) is 0.770. The SMILES string of the molecule is CC(=O)Nc1ccc(/C=C/C(=O)N(C2CC2)C2CCCc3ccccc32)cc1. The van der Waals surface area contributed by atoms with E-state index in [0.717, 1.165) is 43.4 Å². The van der Waals surface area contributed by atoms with Crippen molar-refractivity contribution in [1.82, 2.24) is 4.90 Å². The molecule has 0 spiro atoms. The normalized spacial score (nSPS) is 18.5. The zero-order valence-corrected chi connectivity index (χ0v) is 16.2. The second-order valence-corrected chi connectivity index (χ2v) is 7.72. The van der Waals surface area contributed by atoms with Gasteiger partial charge >= 0.3 is 0 Å².